The molecule has 0 radical (unpaired) electrons. The summed E-state index contributed by atoms with van der Waals surface area (Å²) in [7, 11) is 0. The summed E-state index contributed by atoms with van der Waals surface area (Å²) in [5, 5.41) is 6.88. The quantitative estimate of drug-likeness (QED) is 0.428. The topological polar surface area (TPSA) is 65.2 Å². The fourth-order valence-electron chi connectivity index (χ4n) is 2.94. The maximum atomic E-state index is 11.4. The number of esters is 1. The standard InChI is InChI=1S/C18H15N3O3/c1-2-23-15(22)11-24-20-17-14-7-4-10-21(14)13-6-3-5-12-8-9-19-18(17)16(12)13/h3-10H,2,11H2,1H3. The minimum atomic E-state index is -0.445. The summed E-state index contributed by atoms with van der Waals surface area (Å²) in [6.45, 7) is 1.84. The van der Waals surface area contributed by atoms with Gasteiger partial charge < -0.3 is 14.0 Å². The lowest BCUT2D eigenvalue weighted by Crippen LogP contribution is -2.15. The lowest BCUT2D eigenvalue weighted by atomic mass is 10.1. The molecule has 0 aliphatic rings. The number of carbonyl (C=O) groups is 1. The number of rotatable bonds is 4. The van der Waals surface area contributed by atoms with Gasteiger partial charge in [-0.25, -0.2) is 4.79 Å². The van der Waals surface area contributed by atoms with Crippen LogP contribution in [-0.4, -0.2) is 28.6 Å². The van der Waals surface area contributed by atoms with Gasteiger partial charge in [-0.1, -0.05) is 17.3 Å². The van der Waals surface area contributed by atoms with Crippen molar-refractivity contribution in [2.75, 3.05) is 13.2 Å². The second-order valence-electron chi connectivity index (χ2n) is 5.32. The Morgan fingerprint density at radius 3 is 2.96 bits per heavy atom. The predicted octanol–water partition coefficient (Wildman–Crippen LogP) is 2.47. The van der Waals surface area contributed by atoms with Crippen LogP contribution < -0.4 is 5.36 Å². The summed E-state index contributed by atoms with van der Waals surface area (Å²) in [5.41, 5.74) is 2.68. The van der Waals surface area contributed by atoms with Gasteiger partial charge in [-0.05, 0) is 36.6 Å². The molecule has 0 saturated heterocycles. The highest BCUT2D eigenvalue weighted by atomic mass is 16.6. The number of benzene rings is 1. The van der Waals surface area contributed by atoms with Crippen LogP contribution in [0.2, 0.25) is 0 Å². The number of hydrogen-bond acceptors (Lipinski definition) is 5. The van der Waals surface area contributed by atoms with E-state index >= 15 is 0 Å². The summed E-state index contributed by atoms with van der Waals surface area (Å²) in [5.74, 6) is -0.445. The minimum absolute atomic E-state index is 0.227. The third-order valence-electron chi connectivity index (χ3n) is 3.89. The van der Waals surface area contributed by atoms with Crippen LogP contribution >= 0.6 is 0 Å². The molecule has 0 saturated carbocycles. The maximum absolute atomic E-state index is 11.4. The van der Waals surface area contributed by atoms with Crippen molar-refractivity contribution < 1.29 is 14.4 Å². The number of carbonyl (C=O) groups excluding carboxylic acids is 1. The lowest BCUT2D eigenvalue weighted by molar-refractivity contribution is -0.148. The van der Waals surface area contributed by atoms with Gasteiger partial charge in [0, 0.05) is 17.8 Å². The Bertz CT molecular complexity index is 1100. The Balaban J connectivity index is 1.95. The van der Waals surface area contributed by atoms with E-state index in [-0.39, 0.29) is 6.61 Å². The van der Waals surface area contributed by atoms with Gasteiger partial charge in [-0.2, -0.15) is 0 Å². The van der Waals surface area contributed by atoms with E-state index in [1.807, 2.05) is 47.0 Å². The molecular weight excluding hydrogens is 306 g/mol. The Kier molecular flexibility index (Phi) is 3.49. The molecule has 3 aromatic heterocycles. The normalized spacial score (nSPS) is 12.3. The van der Waals surface area contributed by atoms with Crippen molar-refractivity contribution in [1.82, 2.24) is 9.38 Å². The SMILES string of the molecule is CCOC(=O)CON=c1c2nccc3cccc(c32)n2cccc12. The van der Waals surface area contributed by atoms with Crippen LogP contribution in [0, 0.1) is 0 Å². The third kappa shape index (κ3) is 2.23. The van der Waals surface area contributed by atoms with Crippen molar-refractivity contribution in [1.29, 1.82) is 0 Å². The molecule has 0 atom stereocenters. The molecular formula is C18H15N3O3. The van der Waals surface area contributed by atoms with Crippen molar-refractivity contribution in [3.05, 3.63) is 54.1 Å². The van der Waals surface area contributed by atoms with Crippen LogP contribution in [0.25, 0.3) is 27.3 Å². The zero-order chi connectivity index (χ0) is 16.5. The lowest BCUT2D eigenvalue weighted by Gasteiger charge is -2.08. The molecule has 0 bridgehead atoms. The van der Waals surface area contributed by atoms with Gasteiger partial charge in [-0.15, -0.1) is 0 Å². The van der Waals surface area contributed by atoms with Crippen molar-refractivity contribution in [2.45, 2.75) is 6.92 Å². The highest BCUT2D eigenvalue weighted by Crippen LogP contribution is 2.24. The summed E-state index contributed by atoms with van der Waals surface area (Å²) < 4.78 is 6.89. The van der Waals surface area contributed by atoms with Crippen LogP contribution in [0.4, 0.5) is 0 Å². The van der Waals surface area contributed by atoms with Crippen molar-refractivity contribution in [3.63, 3.8) is 0 Å². The second-order valence-corrected chi connectivity index (χ2v) is 5.32. The molecule has 0 fully saturated rings. The molecule has 24 heavy (non-hydrogen) atoms. The largest absolute Gasteiger partial charge is 0.463 e. The molecule has 0 spiro atoms. The summed E-state index contributed by atoms with van der Waals surface area (Å²) in [6.07, 6.45) is 3.72. The first-order chi connectivity index (χ1) is 11.8. The van der Waals surface area contributed by atoms with Crippen molar-refractivity contribution in [3.8, 4) is 0 Å². The number of pyridine rings is 2. The van der Waals surface area contributed by atoms with Crippen LogP contribution in [0.1, 0.15) is 6.92 Å². The molecule has 6 nitrogen and oxygen atoms in total. The summed E-state index contributed by atoms with van der Waals surface area (Å²) in [4.78, 5) is 21.1. The number of nitrogens with zero attached hydrogens (tertiary/aromatic N) is 3. The van der Waals surface area contributed by atoms with Crippen LogP contribution in [0.5, 0.6) is 0 Å². The van der Waals surface area contributed by atoms with Crippen LogP contribution in [0.15, 0.2) is 53.9 Å². The van der Waals surface area contributed by atoms with E-state index in [1.165, 1.54) is 0 Å². The van der Waals surface area contributed by atoms with Gasteiger partial charge in [0.25, 0.3) is 0 Å². The van der Waals surface area contributed by atoms with Crippen molar-refractivity contribution >= 4 is 33.3 Å². The number of ether oxygens (including phenoxy) is 1. The van der Waals surface area contributed by atoms with E-state index in [9.17, 15) is 4.79 Å². The second kappa shape index (κ2) is 5.81. The average molecular weight is 321 g/mol. The molecule has 0 aliphatic heterocycles. The maximum Gasteiger partial charge on any atom is 0.347 e. The Labute approximate surface area is 137 Å². The Morgan fingerprint density at radius 1 is 1.21 bits per heavy atom. The first kappa shape index (κ1) is 14.4. The van der Waals surface area contributed by atoms with E-state index in [0.29, 0.717) is 12.0 Å². The highest BCUT2D eigenvalue weighted by molar-refractivity contribution is 6.08. The molecule has 120 valence electrons. The van der Waals surface area contributed by atoms with E-state index in [4.69, 9.17) is 9.57 Å². The first-order valence-corrected chi connectivity index (χ1v) is 7.71. The van der Waals surface area contributed by atoms with Crippen LogP contribution in [-0.2, 0) is 14.4 Å². The van der Waals surface area contributed by atoms with E-state index < -0.39 is 5.97 Å². The minimum Gasteiger partial charge on any atom is -0.463 e. The van der Waals surface area contributed by atoms with Gasteiger partial charge in [0.05, 0.1) is 17.6 Å². The molecule has 4 aromatic rings. The van der Waals surface area contributed by atoms with Gasteiger partial charge in [0.1, 0.15) is 5.52 Å². The molecule has 0 N–H and O–H groups in total. The van der Waals surface area contributed by atoms with Crippen LogP contribution in [0.3, 0.4) is 0 Å². The molecule has 0 unspecified atom stereocenters. The van der Waals surface area contributed by atoms with E-state index in [0.717, 1.165) is 27.3 Å². The van der Waals surface area contributed by atoms with Gasteiger partial charge in [0.15, 0.2) is 5.36 Å². The molecule has 4 rings (SSSR count). The smallest absolute Gasteiger partial charge is 0.347 e. The van der Waals surface area contributed by atoms with E-state index in [2.05, 4.69) is 10.1 Å². The molecule has 0 amide bonds. The van der Waals surface area contributed by atoms with Gasteiger partial charge in [0.2, 0.25) is 6.61 Å². The first-order valence-electron chi connectivity index (χ1n) is 7.71. The average Bonchev–Trinajstić information content (AvgIpc) is 3.08. The monoisotopic (exact) mass is 321 g/mol. The van der Waals surface area contributed by atoms with Gasteiger partial charge >= 0.3 is 5.97 Å². The number of hydrogen-bond donors (Lipinski definition) is 0. The number of fused-ring (bicyclic) bond motifs is 2. The summed E-state index contributed by atoms with van der Waals surface area (Å²) in [6, 6.07) is 12.0. The predicted molar refractivity (Wildman–Crippen MR) is 89.5 cm³/mol. The fourth-order valence-corrected chi connectivity index (χ4v) is 2.94. The zero-order valence-corrected chi connectivity index (χ0v) is 13.1. The molecule has 0 aliphatic carbocycles. The Hall–Kier alpha value is -3.15. The van der Waals surface area contributed by atoms with E-state index in [1.54, 1.807) is 13.1 Å². The van der Waals surface area contributed by atoms with Gasteiger partial charge in [-0.3, -0.25) is 4.98 Å². The molecule has 3 heterocycles. The zero-order valence-electron chi connectivity index (χ0n) is 13.1. The number of aromatic nitrogens is 2. The fraction of sp³-hybridized carbons (Fsp3) is 0.167. The highest BCUT2D eigenvalue weighted by Gasteiger charge is 2.11. The third-order valence-corrected chi connectivity index (χ3v) is 3.89. The Morgan fingerprint density at radius 2 is 2.08 bits per heavy atom. The van der Waals surface area contributed by atoms with Crippen molar-refractivity contribution in [2.24, 2.45) is 5.16 Å². The molecule has 1 aromatic carbocycles. The molecule has 6 heteroatoms. The summed E-state index contributed by atoms with van der Waals surface area (Å²) >= 11 is 0.